The van der Waals surface area contributed by atoms with Crippen LogP contribution >= 0.6 is 0 Å². The van der Waals surface area contributed by atoms with Crippen LogP contribution < -0.4 is 0 Å². The van der Waals surface area contributed by atoms with Gasteiger partial charge in [-0.2, -0.15) is 0 Å². The van der Waals surface area contributed by atoms with Crippen molar-refractivity contribution < 1.29 is 9.68 Å². The van der Waals surface area contributed by atoms with Gasteiger partial charge in [0.15, 0.2) is 0 Å². The van der Waals surface area contributed by atoms with Crippen LogP contribution in [0.2, 0.25) is 0 Å². The Balaban J connectivity index is 2.49. The van der Waals surface area contributed by atoms with E-state index >= 15 is 0 Å². The Kier molecular flexibility index (Phi) is 1.71. The van der Waals surface area contributed by atoms with Gasteiger partial charge in [0.2, 0.25) is 0 Å². The Bertz CT molecular complexity index is 111. The van der Waals surface area contributed by atoms with Gasteiger partial charge in [0, 0.05) is 6.61 Å². The van der Waals surface area contributed by atoms with Crippen molar-refractivity contribution in [3.8, 4) is 0 Å². The van der Waals surface area contributed by atoms with Gasteiger partial charge in [-0.25, -0.2) is 0 Å². The van der Waals surface area contributed by atoms with E-state index in [0.717, 1.165) is 11.9 Å². The molecule has 0 unspecified atom stereocenters. The molecule has 1 aliphatic rings. The highest BCUT2D eigenvalue weighted by molar-refractivity contribution is 6.53. The lowest BCUT2D eigenvalue weighted by Crippen LogP contribution is -2.14. The maximum Gasteiger partial charge on any atom is 0.486 e. The van der Waals surface area contributed by atoms with E-state index in [1.165, 1.54) is 0 Å². The van der Waals surface area contributed by atoms with Gasteiger partial charge < -0.3 is 9.68 Å². The minimum absolute atomic E-state index is 0.574. The van der Waals surface area contributed by atoms with E-state index in [9.17, 15) is 0 Å². The number of rotatable bonds is 1. The van der Waals surface area contributed by atoms with Crippen LogP contribution in [0, 0.1) is 0 Å². The molecule has 0 aromatic carbocycles. The number of allylic oxidation sites excluding steroid dienone is 1. The fourth-order valence-electron chi connectivity index (χ4n) is 0.773. The second-order valence-corrected chi connectivity index (χ2v) is 1.82. The summed E-state index contributed by atoms with van der Waals surface area (Å²) in [6.07, 6.45) is 2.81. The third kappa shape index (κ3) is 0.930. The maximum absolute atomic E-state index is 8.90. The molecule has 1 heterocycles. The molecule has 44 valence electrons. The van der Waals surface area contributed by atoms with Crippen molar-refractivity contribution in [1.29, 1.82) is 0 Å². The first-order valence-corrected chi connectivity index (χ1v) is 2.83. The standard InChI is InChI=1S/C5H9BO2/c1-2-5-3-4-8-6(5)7/h3,7H,2,4H2,1H3. The molecule has 0 radical (unpaired) electrons. The van der Waals surface area contributed by atoms with Crippen molar-refractivity contribution in [2.45, 2.75) is 13.3 Å². The molecule has 0 atom stereocenters. The first kappa shape index (κ1) is 5.85. The topological polar surface area (TPSA) is 29.5 Å². The zero-order chi connectivity index (χ0) is 5.98. The SMILES string of the molecule is CCC1=CCOB1O. The van der Waals surface area contributed by atoms with Gasteiger partial charge in [0.1, 0.15) is 0 Å². The van der Waals surface area contributed by atoms with E-state index in [2.05, 4.69) is 0 Å². The van der Waals surface area contributed by atoms with E-state index in [0.29, 0.717) is 6.61 Å². The lowest BCUT2D eigenvalue weighted by atomic mass is 9.79. The Morgan fingerprint density at radius 1 is 2.00 bits per heavy atom. The summed E-state index contributed by atoms with van der Waals surface area (Å²) in [6.45, 7) is 2.58. The van der Waals surface area contributed by atoms with Crippen LogP contribution in [0.5, 0.6) is 0 Å². The Morgan fingerprint density at radius 2 is 2.75 bits per heavy atom. The van der Waals surface area contributed by atoms with Crippen LogP contribution in [0.3, 0.4) is 0 Å². The predicted molar refractivity (Wildman–Crippen MR) is 32.3 cm³/mol. The predicted octanol–water partition coefficient (Wildman–Crippen LogP) is 0.373. The van der Waals surface area contributed by atoms with E-state index in [4.69, 9.17) is 9.68 Å². The van der Waals surface area contributed by atoms with Crippen LogP contribution in [-0.2, 0) is 4.65 Å². The molecule has 0 saturated heterocycles. The summed E-state index contributed by atoms with van der Waals surface area (Å²) in [5, 5.41) is 8.90. The largest absolute Gasteiger partial charge is 0.486 e. The van der Waals surface area contributed by atoms with Crippen LogP contribution in [0.25, 0.3) is 0 Å². The Labute approximate surface area is 49.3 Å². The minimum Gasteiger partial charge on any atom is -0.423 e. The highest BCUT2D eigenvalue weighted by atomic mass is 16.5. The van der Waals surface area contributed by atoms with Crippen LogP contribution in [-0.4, -0.2) is 18.7 Å². The molecular weight excluding hydrogens is 103 g/mol. The molecule has 0 aliphatic carbocycles. The van der Waals surface area contributed by atoms with E-state index in [1.807, 2.05) is 13.0 Å². The Morgan fingerprint density at radius 3 is 3.00 bits per heavy atom. The van der Waals surface area contributed by atoms with Crippen molar-refractivity contribution in [3.05, 3.63) is 11.5 Å². The van der Waals surface area contributed by atoms with Crippen LogP contribution in [0.15, 0.2) is 11.5 Å². The van der Waals surface area contributed by atoms with Crippen molar-refractivity contribution in [2.24, 2.45) is 0 Å². The minimum atomic E-state index is -0.611. The third-order valence-electron chi connectivity index (χ3n) is 1.33. The molecule has 0 spiro atoms. The number of hydrogen-bond acceptors (Lipinski definition) is 2. The summed E-state index contributed by atoms with van der Waals surface area (Å²) in [6, 6.07) is 0. The zero-order valence-electron chi connectivity index (χ0n) is 4.92. The summed E-state index contributed by atoms with van der Waals surface area (Å²) < 4.78 is 4.82. The third-order valence-corrected chi connectivity index (χ3v) is 1.33. The molecule has 1 N–H and O–H groups in total. The van der Waals surface area contributed by atoms with Gasteiger partial charge >= 0.3 is 7.12 Å². The van der Waals surface area contributed by atoms with Gasteiger partial charge in [-0.15, -0.1) is 0 Å². The average molecular weight is 112 g/mol. The second kappa shape index (κ2) is 2.33. The molecule has 0 saturated carbocycles. The molecule has 8 heavy (non-hydrogen) atoms. The smallest absolute Gasteiger partial charge is 0.423 e. The monoisotopic (exact) mass is 112 g/mol. The van der Waals surface area contributed by atoms with Gasteiger partial charge in [0.25, 0.3) is 0 Å². The fourth-order valence-corrected chi connectivity index (χ4v) is 0.773. The van der Waals surface area contributed by atoms with Crippen molar-refractivity contribution in [3.63, 3.8) is 0 Å². The lowest BCUT2D eigenvalue weighted by Gasteiger charge is -1.96. The van der Waals surface area contributed by atoms with E-state index < -0.39 is 7.12 Å². The quantitative estimate of drug-likeness (QED) is 0.496. The zero-order valence-corrected chi connectivity index (χ0v) is 4.92. The molecule has 2 nitrogen and oxygen atoms in total. The summed E-state index contributed by atoms with van der Waals surface area (Å²) >= 11 is 0. The molecule has 1 rings (SSSR count). The molecular formula is C5H9BO2. The van der Waals surface area contributed by atoms with Crippen molar-refractivity contribution in [1.82, 2.24) is 0 Å². The van der Waals surface area contributed by atoms with Gasteiger partial charge in [-0.05, 0) is 11.9 Å². The van der Waals surface area contributed by atoms with Gasteiger partial charge in [0.05, 0.1) is 0 Å². The molecule has 1 aliphatic heterocycles. The Hall–Kier alpha value is -0.275. The van der Waals surface area contributed by atoms with Gasteiger partial charge in [-0.3, -0.25) is 0 Å². The summed E-state index contributed by atoms with van der Waals surface area (Å²) in [5.74, 6) is 0. The molecule has 0 fully saturated rings. The maximum atomic E-state index is 8.90. The summed E-state index contributed by atoms with van der Waals surface area (Å²) in [4.78, 5) is 0. The molecule has 0 aromatic rings. The normalized spacial score (nSPS) is 19.2. The van der Waals surface area contributed by atoms with Gasteiger partial charge in [-0.1, -0.05) is 13.0 Å². The fraction of sp³-hybridized carbons (Fsp3) is 0.600. The second-order valence-electron chi connectivity index (χ2n) is 1.82. The van der Waals surface area contributed by atoms with Crippen LogP contribution in [0.1, 0.15) is 13.3 Å². The van der Waals surface area contributed by atoms with Crippen molar-refractivity contribution >= 4 is 7.12 Å². The number of hydrogen-bond donors (Lipinski definition) is 1. The highest BCUT2D eigenvalue weighted by Gasteiger charge is 2.21. The van der Waals surface area contributed by atoms with E-state index in [1.54, 1.807) is 0 Å². The average Bonchev–Trinajstić information content (AvgIpc) is 2.14. The highest BCUT2D eigenvalue weighted by Crippen LogP contribution is 2.10. The molecule has 0 aromatic heterocycles. The molecule has 0 bridgehead atoms. The summed E-state index contributed by atoms with van der Waals surface area (Å²) in [7, 11) is -0.611. The first-order chi connectivity index (χ1) is 3.84. The van der Waals surface area contributed by atoms with Crippen LogP contribution in [0.4, 0.5) is 0 Å². The van der Waals surface area contributed by atoms with Crippen molar-refractivity contribution in [2.75, 3.05) is 6.61 Å². The first-order valence-electron chi connectivity index (χ1n) is 2.83. The molecule has 0 amide bonds. The molecule has 3 heteroatoms. The lowest BCUT2D eigenvalue weighted by molar-refractivity contribution is 0.313. The summed E-state index contributed by atoms with van der Waals surface area (Å²) in [5.41, 5.74) is 1.00. The van der Waals surface area contributed by atoms with E-state index in [-0.39, 0.29) is 0 Å².